The van der Waals surface area contributed by atoms with Gasteiger partial charge >= 0.3 is 12.0 Å². The quantitative estimate of drug-likeness (QED) is 0.613. The number of urea groups is 1. The van der Waals surface area contributed by atoms with Crippen molar-refractivity contribution < 1.29 is 19.1 Å². The Hall–Kier alpha value is -1.89. The molecule has 2 fully saturated rings. The molecule has 1 aromatic carbocycles. The summed E-state index contributed by atoms with van der Waals surface area (Å²) in [6.45, 7) is 1.89. The highest BCUT2D eigenvalue weighted by Crippen LogP contribution is 2.36. The fourth-order valence-corrected chi connectivity index (χ4v) is 3.83. The van der Waals surface area contributed by atoms with Gasteiger partial charge in [0.1, 0.15) is 18.7 Å². The van der Waals surface area contributed by atoms with E-state index in [2.05, 4.69) is 28.2 Å². The van der Waals surface area contributed by atoms with Crippen LogP contribution >= 0.6 is 15.9 Å². The first-order chi connectivity index (χ1) is 11.9. The van der Waals surface area contributed by atoms with Gasteiger partial charge in [0.2, 0.25) is 0 Å². The van der Waals surface area contributed by atoms with Crippen molar-refractivity contribution >= 4 is 33.8 Å². The lowest BCUT2D eigenvalue weighted by Crippen LogP contribution is -2.49. The van der Waals surface area contributed by atoms with Crippen molar-refractivity contribution in [3.8, 4) is 0 Å². The fourth-order valence-electron chi connectivity index (χ4n) is 3.38. The van der Waals surface area contributed by atoms with Crippen molar-refractivity contribution in [2.75, 3.05) is 6.54 Å². The Morgan fingerprint density at radius 3 is 2.76 bits per heavy atom. The van der Waals surface area contributed by atoms with Crippen LogP contribution in [-0.2, 0) is 20.9 Å². The number of carbonyl (C=O) groups is 3. The summed E-state index contributed by atoms with van der Waals surface area (Å²) < 4.78 is 6.09. The first-order valence-corrected chi connectivity index (χ1v) is 9.23. The molecule has 0 bridgehead atoms. The third-order valence-corrected chi connectivity index (χ3v) is 5.44. The summed E-state index contributed by atoms with van der Waals surface area (Å²) in [6, 6.07) is 6.91. The van der Waals surface area contributed by atoms with Crippen molar-refractivity contribution in [3.05, 3.63) is 34.3 Å². The van der Waals surface area contributed by atoms with Crippen LogP contribution in [-0.4, -0.2) is 34.9 Å². The van der Waals surface area contributed by atoms with Gasteiger partial charge in [0.15, 0.2) is 0 Å². The van der Waals surface area contributed by atoms with Gasteiger partial charge in [0.05, 0.1) is 0 Å². The summed E-state index contributed by atoms with van der Waals surface area (Å²) >= 11 is 3.35. The van der Waals surface area contributed by atoms with Gasteiger partial charge in [-0.1, -0.05) is 35.0 Å². The summed E-state index contributed by atoms with van der Waals surface area (Å²) in [6.07, 6.45) is 3.05. The molecule has 1 aromatic rings. The van der Waals surface area contributed by atoms with Crippen molar-refractivity contribution in [1.29, 1.82) is 0 Å². The topological polar surface area (TPSA) is 75.7 Å². The summed E-state index contributed by atoms with van der Waals surface area (Å²) in [5, 5.41) is 2.80. The Morgan fingerprint density at radius 1 is 1.36 bits per heavy atom. The Kier molecular flexibility index (Phi) is 5.13. The number of halogens is 1. The molecule has 1 aliphatic heterocycles. The van der Waals surface area contributed by atoms with Crippen LogP contribution in [0.2, 0.25) is 0 Å². The number of imide groups is 1. The number of esters is 1. The van der Waals surface area contributed by atoms with Crippen LogP contribution in [0.3, 0.4) is 0 Å². The van der Waals surface area contributed by atoms with E-state index in [-0.39, 0.29) is 19.1 Å². The van der Waals surface area contributed by atoms with Crippen molar-refractivity contribution in [2.45, 2.75) is 44.8 Å². The van der Waals surface area contributed by atoms with Crippen LogP contribution in [0.1, 0.15) is 38.2 Å². The number of hydrogen-bond donors (Lipinski definition) is 1. The second-order valence-corrected chi connectivity index (χ2v) is 7.79. The number of rotatable bonds is 4. The van der Waals surface area contributed by atoms with Gasteiger partial charge in [0.25, 0.3) is 5.91 Å². The minimum absolute atomic E-state index is 0.102. The molecule has 1 N–H and O–H groups in total. The molecule has 0 unspecified atom stereocenters. The zero-order valence-electron chi connectivity index (χ0n) is 14.1. The zero-order chi connectivity index (χ0) is 18.0. The minimum atomic E-state index is -0.825. The maximum Gasteiger partial charge on any atom is 0.326 e. The van der Waals surface area contributed by atoms with Crippen molar-refractivity contribution in [1.82, 2.24) is 10.2 Å². The van der Waals surface area contributed by atoms with E-state index < -0.39 is 17.5 Å². The molecule has 6 nitrogen and oxygen atoms in total. The van der Waals surface area contributed by atoms with Crippen LogP contribution in [0, 0.1) is 5.92 Å². The van der Waals surface area contributed by atoms with Crippen LogP contribution in [0.5, 0.6) is 0 Å². The number of ether oxygens (including phenoxy) is 1. The van der Waals surface area contributed by atoms with E-state index >= 15 is 0 Å². The molecule has 2 aliphatic rings. The minimum Gasteiger partial charge on any atom is -0.459 e. The lowest BCUT2D eigenvalue weighted by Gasteiger charge is -2.33. The molecule has 1 aliphatic carbocycles. The second-order valence-electron chi connectivity index (χ2n) is 6.88. The van der Waals surface area contributed by atoms with Gasteiger partial charge in [0, 0.05) is 4.47 Å². The SMILES string of the molecule is CC1CCC2(CC1)NC(=O)N(CC(=O)OCc1cccc(Br)c1)C2=O. The lowest BCUT2D eigenvalue weighted by atomic mass is 9.77. The van der Waals surface area contributed by atoms with Gasteiger partial charge in [-0.15, -0.1) is 0 Å². The van der Waals surface area contributed by atoms with E-state index in [1.54, 1.807) is 0 Å². The standard InChI is InChI=1S/C18H21BrN2O4/c1-12-5-7-18(8-6-12)16(23)21(17(24)20-18)10-15(22)25-11-13-3-2-4-14(19)9-13/h2-4,9,12H,5-8,10-11H2,1H3,(H,20,24). The van der Waals surface area contributed by atoms with E-state index in [1.165, 1.54) is 0 Å². The molecule has 0 aromatic heterocycles. The van der Waals surface area contributed by atoms with E-state index in [0.717, 1.165) is 27.8 Å². The number of hydrogen-bond acceptors (Lipinski definition) is 4. The molecule has 1 heterocycles. The zero-order valence-corrected chi connectivity index (χ0v) is 15.7. The molecular weight excluding hydrogens is 388 g/mol. The molecule has 1 saturated heterocycles. The van der Waals surface area contributed by atoms with Crippen molar-refractivity contribution in [2.24, 2.45) is 5.92 Å². The van der Waals surface area contributed by atoms with Gasteiger partial charge in [-0.3, -0.25) is 14.5 Å². The Morgan fingerprint density at radius 2 is 2.08 bits per heavy atom. The first kappa shape index (κ1) is 17.9. The number of benzene rings is 1. The number of carbonyl (C=O) groups excluding carboxylic acids is 3. The smallest absolute Gasteiger partial charge is 0.326 e. The summed E-state index contributed by atoms with van der Waals surface area (Å²) in [5.41, 5.74) is 0.00594. The third kappa shape index (κ3) is 3.86. The summed E-state index contributed by atoms with van der Waals surface area (Å²) in [5.74, 6) is -0.340. The monoisotopic (exact) mass is 408 g/mol. The molecule has 3 amide bonds. The van der Waals surface area contributed by atoms with Crippen LogP contribution in [0.25, 0.3) is 0 Å². The maximum absolute atomic E-state index is 12.7. The third-order valence-electron chi connectivity index (χ3n) is 4.95. The molecule has 134 valence electrons. The van der Waals surface area contributed by atoms with E-state index in [4.69, 9.17) is 4.74 Å². The second kappa shape index (κ2) is 7.15. The van der Waals surface area contributed by atoms with Crippen molar-refractivity contribution in [3.63, 3.8) is 0 Å². The maximum atomic E-state index is 12.7. The predicted octanol–water partition coefficient (Wildman–Crippen LogP) is 2.99. The van der Waals surface area contributed by atoms with E-state index in [0.29, 0.717) is 18.8 Å². The summed E-state index contributed by atoms with van der Waals surface area (Å²) in [7, 11) is 0. The highest BCUT2D eigenvalue weighted by atomic mass is 79.9. The highest BCUT2D eigenvalue weighted by Gasteiger charge is 2.52. The number of nitrogens with zero attached hydrogens (tertiary/aromatic N) is 1. The molecule has 0 atom stereocenters. The predicted molar refractivity (Wildman–Crippen MR) is 94.5 cm³/mol. The highest BCUT2D eigenvalue weighted by molar-refractivity contribution is 9.10. The average Bonchev–Trinajstić information content (AvgIpc) is 2.80. The molecule has 0 radical (unpaired) electrons. The Bertz CT molecular complexity index is 698. The lowest BCUT2D eigenvalue weighted by molar-refractivity contribution is -0.149. The Labute approximate surface area is 155 Å². The first-order valence-electron chi connectivity index (χ1n) is 8.44. The number of nitrogens with one attached hydrogen (secondary N) is 1. The summed E-state index contributed by atoms with van der Waals surface area (Å²) in [4.78, 5) is 37.9. The van der Waals surface area contributed by atoms with Gasteiger partial charge in [-0.2, -0.15) is 0 Å². The normalized spacial score (nSPS) is 26.0. The van der Waals surface area contributed by atoms with Crippen LogP contribution < -0.4 is 5.32 Å². The van der Waals surface area contributed by atoms with Gasteiger partial charge in [-0.05, 0) is 49.3 Å². The van der Waals surface area contributed by atoms with Crippen LogP contribution in [0.4, 0.5) is 4.79 Å². The van der Waals surface area contributed by atoms with E-state index in [1.807, 2.05) is 24.3 Å². The molecule has 25 heavy (non-hydrogen) atoms. The fraction of sp³-hybridized carbons (Fsp3) is 0.500. The molecular formula is C18H21BrN2O4. The van der Waals surface area contributed by atoms with Gasteiger partial charge < -0.3 is 10.1 Å². The number of amides is 3. The molecule has 1 spiro atoms. The molecule has 3 rings (SSSR count). The van der Waals surface area contributed by atoms with E-state index in [9.17, 15) is 14.4 Å². The van der Waals surface area contributed by atoms with Crippen LogP contribution in [0.15, 0.2) is 28.7 Å². The van der Waals surface area contributed by atoms with Gasteiger partial charge in [-0.25, -0.2) is 4.79 Å². The Balaban J connectivity index is 1.58. The largest absolute Gasteiger partial charge is 0.459 e. The molecule has 1 saturated carbocycles. The molecule has 7 heteroatoms. The average molecular weight is 409 g/mol.